The van der Waals surface area contributed by atoms with E-state index in [1.54, 1.807) is 0 Å². The molecule has 1 aliphatic rings. The van der Waals surface area contributed by atoms with Crippen LogP contribution in [0.15, 0.2) is 205 Å². The van der Waals surface area contributed by atoms with Gasteiger partial charge in [-0.2, -0.15) is 0 Å². The molecule has 3 heterocycles. The second-order valence-electron chi connectivity index (χ2n) is 16.6. The van der Waals surface area contributed by atoms with Crippen LogP contribution >= 0.6 is 11.3 Å². The lowest BCUT2D eigenvalue weighted by atomic mass is 9.92. The fourth-order valence-corrected chi connectivity index (χ4v) is 10.9. The van der Waals surface area contributed by atoms with Gasteiger partial charge in [0.1, 0.15) is 11.2 Å². The van der Waals surface area contributed by atoms with E-state index in [1.165, 1.54) is 37.0 Å². The van der Waals surface area contributed by atoms with E-state index < -0.39 is 0 Å². The Kier molecular flexibility index (Phi) is 8.49. The maximum Gasteiger partial charge on any atom is 0.165 e. The first-order chi connectivity index (χ1) is 31.7. The molecule has 64 heavy (non-hydrogen) atoms. The average molecular weight is 836 g/mol. The normalized spacial score (nSPS) is 12.7. The van der Waals surface area contributed by atoms with Crippen LogP contribution in [-0.4, -0.2) is 15.0 Å². The predicted octanol–water partition coefficient (Wildman–Crippen LogP) is 16.0. The lowest BCUT2D eigenvalue weighted by Gasteiger charge is -2.15. The second-order valence-corrected chi connectivity index (χ2v) is 17.7. The summed E-state index contributed by atoms with van der Waals surface area (Å²) in [6, 6.07) is 69.2. The highest BCUT2D eigenvalue weighted by molar-refractivity contribution is 7.20. The van der Waals surface area contributed by atoms with Crippen LogP contribution in [0.1, 0.15) is 22.7 Å². The van der Waals surface area contributed by atoms with E-state index in [9.17, 15) is 0 Å². The molecule has 4 nitrogen and oxygen atoms in total. The highest BCUT2D eigenvalue weighted by atomic mass is 32.1. The van der Waals surface area contributed by atoms with Gasteiger partial charge in [0.15, 0.2) is 17.5 Å². The molecule has 5 heteroatoms. The average Bonchev–Trinajstić information content (AvgIpc) is 3.94. The molecule has 0 spiro atoms. The number of rotatable bonds is 6. The smallest absolute Gasteiger partial charge is 0.165 e. The van der Waals surface area contributed by atoms with Crippen LogP contribution in [0.5, 0.6) is 0 Å². The molecule has 0 saturated carbocycles. The van der Waals surface area contributed by atoms with Crippen molar-refractivity contribution in [1.29, 1.82) is 0 Å². The first-order valence-corrected chi connectivity index (χ1v) is 22.6. The number of fused-ring (bicyclic) bond motifs is 8. The summed E-state index contributed by atoms with van der Waals surface area (Å²) in [4.78, 5) is 17.1. The molecule has 0 bridgehead atoms. The molecule has 0 amide bonds. The SMILES string of the molecule is C1=C(c2nc(-c3ccc4ccccc4c3)nc(-c3ccc4ccc(-c5cc(-c6ccc(-c7ccccc7)cc6)cc6oc7ccccc7c56)cc4c3)n2)c2sc3ccccc3c2CC1. The molecule has 9 aromatic carbocycles. The van der Waals surface area contributed by atoms with Gasteiger partial charge in [0.05, 0.1) is 0 Å². The van der Waals surface area contributed by atoms with Crippen LogP contribution in [0.2, 0.25) is 0 Å². The quantitative estimate of drug-likeness (QED) is 0.167. The molecule has 300 valence electrons. The lowest BCUT2D eigenvalue weighted by Crippen LogP contribution is -2.06. The Bertz CT molecular complexity index is 3840. The molecule has 0 aliphatic heterocycles. The van der Waals surface area contributed by atoms with Crippen molar-refractivity contribution in [3.8, 4) is 56.2 Å². The summed E-state index contributed by atoms with van der Waals surface area (Å²) in [5.41, 5.74) is 13.0. The number of hydrogen-bond donors (Lipinski definition) is 0. The summed E-state index contributed by atoms with van der Waals surface area (Å²) in [7, 11) is 0. The molecular formula is C59H37N3OS. The van der Waals surface area contributed by atoms with E-state index in [0.29, 0.717) is 17.5 Å². The maximum atomic E-state index is 6.58. The maximum absolute atomic E-state index is 6.58. The van der Waals surface area contributed by atoms with Crippen molar-refractivity contribution in [2.45, 2.75) is 12.8 Å². The lowest BCUT2D eigenvalue weighted by molar-refractivity contribution is 0.669. The van der Waals surface area contributed by atoms with Gasteiger partial charge in [-0.25, -0.2) is 15.0 Å². The highest BCUT2D eigenvalue weighted by Crippen LogP contribution is 2.44. The summed E-state index contributed by atoms with van der Waals surface area (Å²) >= 11 is 1.83. The van der Waals surface area contributed by atoms with Gasteiger partial charge in [-0.3, -0.25) is 0 Å². The summed E-state index contributed by atoms with van der Waals surface area (Å²) in [5.74, 6) is 2.02. The molecule has 0 fully saturated rings. The largest absolute Gasteiger partial charge is 0.456 e. The third-order valence-electron chi connectivity index (χ3n) is 12.8. The monoisotopic (exact) mass is 835 g/mol. The van der Waals surface area contributed by atoms with Crippen molar-refractivity contribution in [3.63, 3.8) is 0 Å². The fourth-order valence-electron chi connectivity index (χ4n) is 9.58. The van der Waals surface area contributed by atoms with Gasteiger partial charge in [0.2, 0.25) is 0 Å². The zero-order valence-corrected chi connectivity index (χ0v) is 35.4. The molecular weight excluding hydrogens is 799 g/mol. The summed E-state index contributed by atoms with van der Waals surface area (Å²) in [6.45, 7) is 0. The van der Waals surface area contributed by atoms with E-state index >= 15 is 0 Å². The Hall–Kier alpha value is -7.99. The first-order valence-electron chi connectivity index (χ1n) is 21.8. The number of aromatic nitrogens is 3. The van der Waals surface area contributed by atoms with Crippen molar-refractivity contribution >= 4 is 70.5 Å². The van der Waals surface area contributed by atoms with Crippen molar-refractivity contribution in [2.24, 2.45) is 0 Å². The van der Waals surface area contributed by atoms with Crippen LogP contribution in [0.25, 0.3) is 115 Å². The van der Waals surface area contributed by atoms with Gasteiger partial charge in [0, 0.05) is 37.0 Å². The topological polar surface area (TPSA) is 51.8 Å². The minimum Gasteiger partial charge on any atom is -0.456 e. The van der Waals surface area contributed by atoms with Crippen molar-refractivity contribution in [3.05, 3.63) is 216 Å². The number of allylic oxidation sites excluding steroid dienone is 1. The number of nitrogens with zero attached hydrogens (tertiary/aromatic N) is 3. The molecule has 0 radical (unpaired) electrons. The fraction of sp³-hybridized carbons (Fsp3) is 0.0339. The molecule has 0 saturated heterocycles. The Balaban J connectivity index is 0.959. The number of furan rings is 1. The molecule has 12 aromatic rings. The Morgan fingerprint density at radius 1 is 0.406 bits per heavy atom. The van der Waals surface area contributed by atoms with Gasteiger partial charge in [-0.15, -0.1) is 11.3 Å². The number of thiophene rings is 1. The third-order valence-corrected chi connectivity index (χ3v) is 14.0. The Labute approximate surface area is 373 Å². The van der Waals surface area contributed by atoms with Gasteiger partial charge in [0.25, 0.3) is 0 Å². The van der Waals surface area contributed by atoms with Crippen molar-refractivity contribution in [2.75, 3.05) is 0 Å². The predicted molar refractivity (Wildman–Crippen MR) is 267 cm³/mol. The molecule has 0 N–H and O–H groups in total. The van der Waals surface area contributed by atoms with E-state index in [0.717, 1.165) is 89.9 Å². The Morgan fingerprint density at radius 3 is 1.78 bits per heavy atom. The summed E-state index contributed by atoms with van der Waals surface area (Å²) in [6.07, 6.45) is 4.27. The molecule has 3 aromatic heterocycles. The van der Waals surface area contributed by atoms with Gasteiger partial charge < -0.3 is 4.42 Å². The zero-order valence-electron chi connectivity index (χ0n) is 34.6. The van der Waals surface area contributed by atoms with E-state index in [1.807, 2.05) is 17.4 Å². The molecule has 0 unspecified atom stereocenters. The summed E-state index contributed by atoms with van der Waals surface area (Å²) in [5, 5.41) is 8.12. The van der Waals surface area contributed by atoms with E-state index in [4.69, 9.17) is 19.4 Å². The van der Waals surface area contributed by atoms with Crippen LogP contribution in [0.4, 0.5) is 0 Å². The van der Waals surface area contributed by atoms with E-state index in [2.05, 4.69) is 194 Å². The van der Waals surface area contributed by atoms with Crippen LogP contribution in [0, 0.1) is 0 Å². The van der Waals surface area contributed by atoms with Gasteiger partial charge in [-0.1, -0.05) is 158 Å². The van der Waals surface area contributed by atoms with Crippen molar-refractivity contribution < 1.29 is 4.42 Å². The summed E-state index contributed by atoms with van der Waals surface area (Å²) < 4.78 is 7.87. The van der Waals surface area contributed by atoms with Crippen LogP contribution < -0.4 is 0 Å². The second kappa shape index (κ2) is 14.8. The molecule has 0 atom stereocenters. The molecule has 1 aliphatic carbocycles. The highest BCUT2D eigenvalue weighted by Gasteiger charge is 2.24. The number of aryl methyl sites for hydroxylation is 1. The van der Waals surface area contributed by atoms with Gasteiger partial charge >= 0.3 is 0 Å². The van der Waals surface area contributed by atoms with Crippen LogP contribution in [-0.2, 0) is 6.42 Å². The minimum atomic E-state index is 0.652. The Morgan fingerprint density at radius 2 is 0.984 bits per heavy atom. The molecule has 13 rings (SSSR count). The van der Waals surface area contributed by atoms with Crippen LogP contribution in [0.3, 0.4) is 0 Å². The zero-order chi connectivity index (χ0) is 42.1. The first kappa shape index (κ1) is 36.6. The van der Waals surface area contributed by atoms with Crippen molar-refractivity contribution in [1.82, 2.24) is 15.0 Å². The number of para-hydroxylation sites is 1. The minimum absolute atomic E-state index is 0.652. The number of hydrogen-bond acceptors (Lipinski definition) is 5. The van der Waals surface area contributed by atoms with E-state index in [-0.39, 0.29) is 0 Å². The standard InChI is InChI=1S/C59H37N3OS/c1-2-11-36(12-3-1)38-21-23-40(24-22-38)46-34-51(55-49-16-6-8-19-52(49)63-53(55)35-46)42-28-25-39-27-30-44(33-45(39)32-42)58-60-57(43-29-26-37-13-4-5-14-41(37)31-43)61-59(62-58)50-18-10-17-48-47-15-7-9-20-54(47)64-56(48)50/h1-9,11-16,18-35H,10,17H2. The third kappa shape index (κ3) is 6.24. The number of benzene rings is 9. The van der Waals surface area contributed by atoms with Gasteiger partial charge in [-0.05, 0) is 121 Å².